The number of fused-ring (bicyclic) bond motifs is 1. The van der Waals surface area contributed by atoms with Crippen LogP contribution in [-0.2, 0) is 27.5 Å². The minimum Gasteiger partial charge on any atom is -0.488 e. The van der Waals surface area contributed by atoms with Gasteiger partial charge in [0, 0.05) is 43.8 Å². The Labute approximate surface area is 193 Å². The number of nitrogens with zero attached hydrogens (tertiary/aromatic N) is 2. The number of rotatable bonds is 6. The van der Waals surface area contributed by atoms with E-state index >= 15 is 0 Å². The van der Waals surface area contributed by atoms with Crippen LogP contribution in [0, 0.1) is 6.92 Å². The number of hydrogen-bond acceptors (Lipinski definition) is 6. The maximum atomic E-state index is 12.6. The number of likely N-dealkylation sites (tertiary alicyclic amines) is 1. The molecule has 0 spiro atoms. The molecule has 1 fully saturated rings. The maximum absolute atomic E-state index is 12.6. The smallest absolute Gasteiger partial charge is 0.410 e. The summed E-state index contributed by atoms with van der Waals surface area (Å²) in [5.41, 5.74) is 3.38. The molecule has 7 heteroatoms. The lowest BCUT2D eigenvalue weighted by atomic mass is 10.1. The van der Waals surface area contributed by atoms with Crippen LogP contribution in [0.2, 0.25) is 0 Å². The van der Waals surface area contributed by atoms with Gasteiger partial charge in [-0.05, 0) is 24.6 Å². The van der Waals surface area contributed by atoms with Crippen molar-refractivity contribution in [3.63, 3.8) is 0 Å². The summed E-state index contributed by atoms with van der Waals surface area (Å²) in [6, 6.07) is 17.8. The van der Waals surface area contributed by atoms with E-state index in [2.05, 4.69) is 0 Å². The van der Waals surface area contributed by atoms with Crippen molar-refractivity contribution in [1.82, 2.24) is 9.88 Å². The predicted molar refractivity (Wildman–Crippen MR) is 124 cm³/mol. The summed E-state index contributed by atoms with van der Waals surface area (Å²) in [4.78, 5) is 30.1. The molecule has 0 aliphatic carbocycles. The number of para-hydroxylation sites is 1. The van der Waals surface area contributed by atoms with Crippen LogP contribution in [0.15, 0.2) is 54.6 Å². The van der Waals surface area contributed by atoms with Gasteiger partial charge in [0.2, 0.25) is 0 Å². The fourth-order valence-electron chi connectivity index (χ4n) is 3.99. The Balaban J connectivity index is 1.45. The van der Waals surface area contributed by atoms with Crippen LogP contribution < -0.4 is 4.74 Å². The van der Waals surface area contributed by atoms with Gasteiger partial charge in [0.1, 0.15) is 25.1 Å². The summed E-state index contributed by atoms with van der Waals surface area (Å²) in [5, 5.41) is 0.925. The molecule has 0 N–H and O–H groups in total. The summed E-state index contributed by atoms with van der Waals surface area (Å²) in [6.45, 7) is 4.82. The first-order valence-corrected chi connectivity index (χ1v) is 11.1. The molecule has 0 bridgehead atoms. The van der Waals surface area contributed by atoms with Gasteiger partial charge >= 0.3 is 12.1 Å². The summed E-state index contributed by atoms with van der Waals surface area (Å²) in [6.07, 6.45) is 0.691. The Bertz CT molecular complexity index is 1120. The third-order valence-electron chi connectivity index (χ3n) is 5.77. The van der Waals surface area contributed by atoms with E-state index in [4.69, 9.17) is 19.2 Å². The first kappa shape index (κ1) is 22.6. The molecule has 0 atom stereocenters. The van der Waals surface area contributed by atoms with Gasteiger partial charge in [0.05, 0.1) is 11.2 Å². The highest BCUT2D eigenvalue weighted by molar-refractivity contribution is 5.86. The van der Waals surface area contributed by atoms with Crippen LogP contribution in [0.25, 0.3) is 10.9 Å². The number of esters is 1. The van der Waals surface area contributed by atoms with E-state index in [1.165, 1.54) is 6.92 Å². The maximum Gasteiger partial charge on any atom is 0.410 e. The second-order valence-corrected chi connectivity index (χ2v) is 8.15. The van der Waals surface area contributed by atoms with Gasteiger partial charge in [-0.25, -0.2) is 9.78 Å². The van der Waals surface area contributed by atoms with Crippen molar-refractivity contribution >= 4 is 23.0 Å². The number of benzene rings is 2. The van der Waals surface area contributed by atoms with Crippen molar-refractivity contribution in [1.29, 1.82) is 0 Å². The number of aromatic nitrogens is 1. The molecule has 1 aliphatic rings. The third-order valence-corrected chi connectivity index (χ3v) is 5.77. The summed E-state index contributed by atoms with van der Waals surface area (Å²) < 4.78 is 17.0. The number of carbonyl (C=O) groups excluding carboxylic acids is 2. The van der Waals surface area contributed by atoms with Gasteiger partial charge < -0.3 is 19.1 Å². The molecule has 1 aliphatic heterocycles. The van der Waals surface area contributed by atoms with E-state index in [1.807, 2.05) is 61.5 Å². The molecule has 7 nitrogen and oxygen atoms in total. The van der Waals surface area contributed by atoms with Gasteiger partial charge in [0.15, 0.2) is 0 Å². The Morgan fingerprint density at radius 3 is 2.42 bits per heavy atom. The number of amides is 1. The van der Waals surface area contributed by atoms with Gasteiger partial charge in [-0.15, -0.1) is 0 Å². The van der Waals surface area contributed by atoms with Crippen molar-refractivity contribution in [2.45, 2.75) is 46.0 Å². The number of pyridine rings is 1. The van der Waals surface area contributed by atoms with Gasteiger partial charge in [0.25, 0.3) is 0 Å². The average Bonchev–Trinajstić information content (AvgIpc) is 2.83. The lowest BCUT2D eigenvalue weighted by Crippen LogP contribution is -2.41. The Hall–Kier alpha value is -3.61. The van der Waals surface area contributed by atoms with E-state index in [-0.39, 0.29) is 18.7 Å². The SMILES string of the molecule is CC(=O)OC1CCN(C(=O)OCc2nc3ccccc3c(OCc3ccccc3)c2C)CC1. The van der Waals surface area contributed by atoms with Crippen molar-refractivity contribution in [3.8, 4) is 5.75 Å². The molecule has 0 radical (unpaired) electrons. The van der Waals surface area contributed by atoms with Gasteiger partial charge in [-0.3, -0.25) is 4.79 Å². The molecular weight excluding hydrogens is 420 g/mol. The number of piperidine rings is 1. The quantitative estimate of drug-likeness (QED) is 0.505. The zero-order valence-electron chi connectivity index (χ0n) is 19.0. The van der Waals surface area contributed by atoms with E-state index in [0.717, 1.165) is 27.8 Å². The van der Waals surface area contributed by atoms with Crippen LogP contribution in [-0.4, -0.2) is 41.1 Å². The number of carbonyl (C=O) groups is 2. The van der Waals surface area contributed by atoms with E-state index in [9.17, 15) is 9.59 Å². The van der Waals surface area contributed by atoms with Crippen LogP contribution in [0.4, 0.5) is 4.79 Å². The average molecular weight is 449 g/mol. The van der Waals surface area contributed by atoms with Crippen LogP contribution >= 0.6 is 0 Å². The number of ether oxygens (including phenoxy) is 3. The standard InChI is InChI=1S/C26H28N2O5/c1-18-24(17-32-26(30)28-14-12-21(13-15-28)33-19(2)29)27-23-11-7-6-10-22(23)25(18)31-16-20-8-4-3-5-9-20/h3-11,21H,12-17H2,1-2H3. The van der Waals surface area contributed by atoms with Crippen molar-refractivity contribution < 1.29 is 23.8 Å². The third kappa shape index (κ3) is 5.61. The monoisotopic (exact) mass is 448 g/mol. The summed E-state index contributed by atoms with van der Waals surface area (Å²) in [5.74, 6) is 0.455. The number of hydrogen-bond donors (Lipinski definition) is 0. The summed E-state index contributed by atoms with van der Waals surface area (Å²) >= 11 is 0. The van der Waals surface area contributed by atoms with Crippen LogP contribution in [0.3, 0.4) is 0 Å². The van der Waals surface area contributed by atoms with Crippen molar-refractivity contribution in [3.05, 3.63) is 71.4 Å². The second kappa shape index (κ2) is 10.3. The molecule has 172 valence electrons. The Morgan fingerprint density at radius 2 is 1.70 bits per heavy atom. The highest BCUT2D eigenvalue weighted by Crippen LogP contribution is 2.31. The minimum absolute atomic E-state index is 0.0566. The fraction of sp³-hybridized carbons (Fsp3) is 0.346. The molecule has 1 saturated heterocycles. The van der Waals surface area contributed by atoms with E-state index < -0.39 is 6.09 Å². The topological polar surface area (TPSA) is 78.0 Å². The highest BCUT2D eigenvalue weighted by Gasteiger charge is 2.26. The van der Waals surface area contributed by atoms with Crippen LogP contribution in [0.1, 0.15) is 36.6 Å². The first-order valence-electron chi connectivity index (χ1n) is 11.1. The predicted octanol–water partition coefficient (Wildman–Crippen LogP) is 4.79. The minimum atomic E-state index is -0.391. The molecular formula is C26H28N2O5. The summed E-state index contributed by atoms with van der Waals surface area (Å²) in [7, 11) is 0. The first-order chi connectivity index (χ1) is 16.0. The van der Waals surface area contributed by atoms with E-state index in [1.54, 1.807) is 4.90 Å². The van der Waals surface area contributed by atoms with E-state index in [0.29, 0.717) is 38.2 Å². The van der Waals surface area contributed by atoms with Crippen molar-refractivity contribution in [2.75, 3.05) is 13.1 Å². The Kier molecular flexibility index (Phi) is 7.07. The zero-order valence-corrected chi connectivity index (χ0v) is 19.0. The lowest BCUT2D eigenvalue weighted by Gasteiger charge is -2.30. The molecule has 4 rings (SSSR count). The molecule has 0 unspecified atom stereocenters. The molecule has 1 aromatic heterocycles. The molecule has 3 aromatic rings. The fourth-order valence-corrected chi connectivity index (χ4v) is 3.99. The lowest BCUT2D eigenvalue weighted by molar-refractivity contribution is -0.148. The van der Waals surface area contributed by atoms with Gasteiger partial charge in [-0.2, -0.15) is 0 Å². The zero-order chi connectivity index (χ0) is 23.2. The molecule has 33 heavy (non-hydrogen) atoms. The van der Waals surface area contributed by atoms with Crippen molar-refractivity contribution in [2.24, 2.45) is 0 Å². The highest BCUT2D eigenvalue weighted by atomic mass is 16.6. The molecule has 1 amide bonds. The molecule has 2 aromatic carbocycles. The second-order valence-electron chi connectivity index (χ2n) is 8.15. The largest absolute Gasteiger partial charge is 0.488 e. The molecule has 0 saturated carbocycles. The molecule has 2 heterocycles. The Morgan fingerprint density at radius 1 is 1.00 bits per heavy atom. The van der Waals surface area contributed by atoms with Gasteiger partial charge in [-0.1, -0.05) is 42.5 Å². The normalized spacial score (nSPS) is 14.2. The van der Waals surface area contributed by atoms with Crippen LogP contribution in [0.5, 0.6) is 5.75 Å².